The summed E-state index contributed by atoms with van der Waals surface area (Å²) >= 11 is 0. The Labute approximate surface area is 138 Å². The molecule has 3 nitrogen and oxygen atoms in total. The molecule has 3 heteroatoms. The summed E-state index contributed by atoms with van der Waals surface area (Å²) in [5.74, 6) is 0.376. The zero-order valence-corrected chi connectivity index (χ0v) is 14.2. The third-order valence-corrected chi connectivity index (χ3v) is 4.57. The minimum atomic E-state index is 0.376. The van der Waals surface area contributed by atoms with Gasteiger partial charge in [-0.05, 0) is 62.1 Å². The molecule has 0 bridgehead atoms. The van der Waals surface area contributed by atoms with Crippen LogP contribution in [-0.4, -0.2) is 16.1 Å². The molecule has 2 heterocycles. The number of pyridine rings is 1. The first kappa shape index (κ1) is 15.8. The van der Waals surface area contributed by atoms with Crippen LogP contribution in [0.3, 0.4) is 0 Å². The van der Waals surface area contributed by atoms with Gasteiger partial charge in [-0.3, -0.25) is 4.98 Å². The molecule has 23 heavy (non-hydrogen) atoms. The van der Waals surface area contributed by atoms with Gasteiger partial charge < -0.3 is 10.3 Å². The van der Waals surface area contributed by atoms with E-state index in [2.05, 4.69) is 59.9 Å². The van der Waals surface area contributed by atoms with Crippen LogP contribution < -0.4 is 5.73 Å². The van der Waals surface area contributed by atoms with Gasteiger partial charge in [0.1, 0.15) is 0 Å². The summed E-state index contributed by atoms with van der Waals surface area (Å²) < 4.78 is 2.36. The fourth-order valence-corrected chi connectivity index (χ4v) is 3.04. The Kier molecular flexibility index (Phi) is 4.49. The maximum atomic E-state index is 5.90. The Morgan fingerprint density at radius 1 is 1.17 bits per heavy atom. The normalized spacial score (nSPS) is 12.7. The van der Waals surface area contributed by atoms with Gasteiger partial charge in [0.2, 0.25) is 0 Å². The average Bonchev–Trinajstić information content (AvgIpc) is 2.91. The van der Waals surface area contributed by atoms with Crippen molar-refractivity contribution in [2.24, 2.45) is 5.73 Å². The largest absolute Gasteiger partial charge is 0.347 e. The van der Waals surface area contributed by atoms with Gasteiger partial charge in [0.25, 0.3) is 0 Å². The summed E-state index contributed by atoms with van der Waals surface area (Å²) in [4.78, 5) is 4.39. The first-order valence-electron chi connectivity index (χ1n) is 8.29. The molecule has 2 aromatic heterocycles. The minimum absolute atomic E-state index is 0.376. The van der Waals surface area contributed by atoms with Crippen molar-refractivity contribution >= 4 is 10.9 Å². The molecule has 0 aliphatic heterocycles. The number of benzene rings is 1. The Balaban J connectivity index is 1.92. The number of rotatable bonds is 5. The average molecular weight is 307 g/mol. The van der Waals surface area contributed by atoms with Crippen molar-refractivity contribution in [3.05, 3.63) is 65.1 Å². The molecular formula is C20H25N3. The number of nitrogens with zero attached hydrogens (tertiary/aromatic N) is 2. The molecular weight excluding hydrogens is 282 g/mol. The van der Waals surface area contributed by atoms with Crippen LogP contribution in [-0.2, 0) is 13.0 Å². The highest BCUT2D eigenvalue weighted by molar-refractivity contribution is 5.85. The van der Waals surface area contributed by atoms with Crippen LogP contribution in [0.1, 0.15) is 35.2 Å². The van der Waals surface area contributed by atoms with Crippen molar-refractivity contribution in [2.75, 3.05) is 6.54 Å². The maximum absolute atomic E-state index is 5.90. The molecule has 1 atom stereocenters. The van der Waals surface area contributed by atoms with Gasteiger partial charge in [-0.25, -0.2) is 0 Å². The minimum Gasteiger partial charge on any atom is -0.347 e. The molecule has 0 radical (unpaired) electrons. The van der Waals surface area contributed by atoms with Crippen molar-refractivity contribution < 1.29 is 0 Å². The molecule has 3 rings (SSSR count). The van der Waals surface area contributed by atoms with E-state index in [1.54, 1.807) is 0 Å². The second kappa shape index (κ2) is 6.55. The van der Waals surface area contributed by atoms with E-state index in [9.17, 15) is 0 Å². The standard InChI is InChI=1S/C20H25N3/c1-14-4-7-20-18(10-14)19(15(2)11-21)13-23(20)9-8-17-6-5-16(3)22-12-17/h4-7,10,12-13,15H,8-9,11,21H2,1-3H3. The van der Waals surface area contributed by atoms with Crippen LogP contribution in [0.25, 0.3) is 10.9 Å². The van der Waals surface area contributed by atoms with E-state index >= 15 is 0 Å². The summed E-state index contributed by atoms with van der Waals surface area (Å²) in [5.41, 5.74) is 12.2. The zero-order chi connectivity index (χ0) is 16.4. The Hall–Kier alpha value is -2.13. The number of aromatic nitrogens is 2. The van der Waals surface area contributed by atoms with E-state index in [1.807, 2.05) is 13.1 Å². The number of fused-ring (bicyclic) bond motifs is 1. The van der Waals surface area contributed by atoms with Gasteiger partial charge >= 0.3 is 0 Å². The first-order chi connectivity index (χ1) is 11.1. The van der Waals surface area contributed by atoms with Gasteiger partial charge in [0.05, 0.1) is 0 Å². The second-order valence-electron chi connectivity index (χ2n) is 6.49. The van der Waals surface area contributed by atoms with Crippen LogP contribution in [0.5, 0.6) is 0 Å². The molecule has 0 fully saturated rings. The van der Waals surface area contributed by atoms with Crippen LogP contribution in [0.15, 0.2) is 42.7 Å². The molecule has 0 aliphatic carbocycles. The van der Waals surface area contributed by atoms with E-state index < -0.39 is 0 Å². The molecule has 0 aliphatic rings. The summed E-state index contributed by atoms with van der Waals surface area (Å²) in [6, 6.07) is 10.9. The number of nitrogens with two attached hydrogens (primary N) is 1. The van der Waals surface area contributed by atoms with E-state index in [1.165, 1.54) is 27.6 Å². The molecule has 1 unspecified atom stereocenters. The molecule has 0 saturated carbocycles. The molecule has 0 spiro atoms. The summed E-state index contributed by atoms with van der Waals surface area (Å²) in [5, 5.41) is 1.34. The predicted octanol–water partition coefficient (Wildman–Crippen LogP) is 3.96. The summed E-state index contributed by atoms with van der Waals surface area (Å²) in [7, 11) is 0. The molecule has 120 valence electrons. The molecule has 3 aromatic rings. The number of aryl methyl sites for hydroxylation is 4. The molecule has 0 amide bonds. The topological polar surface area (TPSA) is 43.8 Å². The van der Waals surface area contributed by atoms with Crippen molar-refractivity contribution in [3.63, 3.8) is 0 Å². The van der Waals surface area contributed by atoms with Crippen molar-refractivity contribution in [1.82, 2.24) is 9.55 Å². The van der Waals surface area contributed by atoms with Crippen molar-refractivity contribution in [3.8, 4) is 0 Å². The Morgan fingerprint density at radius 2 is 2.00 bits per heavy atom. The highest BCUT2D eigenvalue weighted by atomic mass is 15.0. The number of hydrogen-bond donors (Lipinski definition) is 1. The Bertz CT molecular complexity index is 800. The quantitative estimate of drug-likeness (QED) is 0.775. The predicted molar refractivity (Wildman–Crippen MR) is 96.8 cm³/mol. The lowest BCUT2D eigenvalue weighted by Crippen LogP contribution is -2.08. The van der Waals surface area contributed by atoms with Gasteiger partial charge in [0.15, 0.2) is 0 Å². The van der Waals surface area contributed by atoms with E-state index in [0.29, 0.717) is 12.5 Å². The second-order valence-corrected chi connectivity index (χ2v) is 6.49. The van der Waals surface area contributed by atoms with Crippen LogP contribution >= 0.6 is 0 Å². The Morgan fingerprint density at radius 3 is 2.70 bits per heavy atom. The third kappa shape index (κ3) is 3.30. The third-order valence-electron chi connectivity index (χ3n) is 4.57. The lowest BCUT2D eigenvalue weighted by Gasteiger charge is -2.06. The van der Waals surface area contributed by atoms with Crippen LogP contribution in [0.2, 0.25) is 0 Å². The smallest absolute Gasteiger partial charge is 0.0483 e. The lowest BCUT2D eigenvalue weighted by molar-refractivity contribution is 0.707. The molecule has 1 aromatic carbocycles. The van der Waals surface area contributed by atoms with Crippen LogP contribution in [0, 0.1) is 13.8 Å². The summed E-state index contributed by atoms with van der Waals surface area (Å²) in [6.07, 6.45) is 5.25. The molecule has 2 N–H and O–H groups in total. The fraction of sp³-hybridized carbons (Fsp3) is 0.350. The highest BCUT2D eigenvalue weighted by Gasteiger charge is 2.13. The zero-order valence-electron chi connectivity index (χ0n) is 14.2. The fourth-order valence-electron chi connectivity index (χ4n) is 3.04. The highest BCUT2D eigenvalue weighted by Crippen LogP contribution is 2.28. The van der Waals surface area contributed by atoms with Gasteiger partial charge in [-0.2, -0.15) is 0 Å². The van der Waals surface area contributed by atoms with E-state index in [-0.39, 0.29) is 0 Å². The lowest BCUT2D eigenvalue weighted by atomic mass is 10.00. The van der Waals surface area contributed by atoms with Crippen molar-refractivity contribution in [2.45, 2.75) is 39.7 Å². The van der Waals surface area contributed by atoms with Gasteiger partial charge in [0, 0.05) is 35.5 Å². The summed E-state index contributed by atoms with van der Waals surface area (Å²) in [6.45, 7) is 8.00. The van der Waals surface area contributed by atoms with Crippen molar-refractivity contribution in [1.29, 1.82) is 0 Å². The first-order valence-corrected chi connectivity index (χ1v) is 8.29. The maximum Gasteiger partial charge on any atom is 0.0483 e. The van der Waals surface area contributed by atoms with E-state index in [4.69, 9.17) is 5.73 Å². The monoisotopic (exact) mass is 307 g/mol. The van der Waals surface area contributed by atoms with E-state index in [0.717, 1.165) is 18.7 Å². The number of hydrogen-bond acceptors (Lipinski definition) is 2. The van der Waals surface area contributed by atoms with Crippen LogP contribution in [0.4, 0.5) is 0 Å². The van der Waals surface area contributed by atoms with Gasteiger partial charge in [-0.15, -0.1) is 0 Å². The van der Waals surface area contributed by atoms with Gasteiger partial charge in [-0.1, -0.05) is 24.6 Å². The molecule has 0 saturated heterocycles. The SMILES string of the molecule is Cc1ccc2c(c1)c(C(C)CN)cn2CCc1ccc(C)nc1.